The number of ketones is 1. The molecule has 1 aliphatic rings. The minimum Gasteiger partial charge on any atom is -0.494 e. The zero-order valence-electron chi connectivity index (χ0n) is 12.0. The van der Waals surface area contributed by atoms with E-state index < -0.39 is 5.92 Å². The Hall–Kier alpha value is -2.46. The number of amides is 1. The Labute approximate surface area is 122 Å². The summed E-state index contributed by atoms with van der Waals surface area (Å²) in [6.45, 7) is 2.12. The van der Waals surface area contributed by atoms with Crippen molar-refractivity contribution in [3.63, 3.8) is 0 Å². The van der Waals surface area contributed by atoms with E-state index in [9.17, 15) is 14.4 Å². The first-order chi connectivity index (χ1) is 10.1. The molecule has 1 aliphatic heterocycles. The molecule has 0 bridgehead atoms. The van der Waals surface area contributed by atoms with Gasteiger partial charge in [-0.2, -0.15) is 4.99 Å². The van der Waals surface area contributed by atoms with Crippen LogP contribution in [0.15, 0.2) is 23.2 Å². The fourth-order valence-corrected chi connectivity index (χ4v) is 2.44. The van der Waals surface area contributed by atoms with Crippen molar-refractivity contribution in [2.45, 2.75) is 13.3 Å². The normalized spacial score (nSPS) is 17.0. The van der Waals surface area contributed by atoms with Crippen molar-refractivity contribution >= 4 is 23.5 Å². The van der Waals surface area contributed by atoms with Gasteiger partial charge in [0.25, 0.3) is 0 Å². The van der Waals surface area contributed by atoms with Crippen LogP contribution in [0.2, 0.25) is 0 Å². The molecule has 1 unspecified atom stereocenters. The molecule has 1 aromatic carbocycles. The monoisotopic (exact) mass is 288 g/mol. The Morgan fingerprint density at radius 1 is 1.52 bits per heavy atom. The van der Waals surface area contributed by atoms with Gasteiger partial charge in [0.2, 0.25) is 12.0 Å². The van der Waals surface area contributed by atoms with E-state index in [4.69, 9.17) is 4.74 Å². The third-order valence-electron chi connectivity index (χ3n) is 3.46. The number of ether oxygens (including phenoxy) is 1. The second-order valence-corrected chi connectivity index (χ2v) is 4.75. The third kappa shape index (κ3) is 3.01. The van der Waals surface area contributed by atoms with Gasteiger partial charge in [0.1, 0.15) is 18.2 Å². The standard InChI is InChI=1S/C15H16N2O4/c1-3-21-11-4-5-13-10(6-11)7-12(15(20)17(13)2)14(19)8-16-9-18/h4-6,12H,3,7-8H2,1-2H3. The van der Waals surface area contributed by atoms with Crippen LogP contribution < -0.4 is 9.64 Å². The molecule has 1 heterocycles. The van der Waals surface area contributed by atoms with Gasteiger partial charge in [-0.15, -0.1) is 0 Å². The fourth-order valence-electron chi connectivity index (χ4n) is 2.44. The lowest BCUT2D eigenvalue weighted by Gasteiger charge is -2.30. The highest BCUT2D eigenvalue weighted by Crippen LogP contribution is 2.32. The average Bonchev–Trinajstić information content (AvgIpc) is 2.48. The minimum atomic E-state index is -0.809. The van der Waals surface area contributed by atoms with E-state index in [2.05, 4.69) is 4.99 Å². The second kappa shape index (κ2) is 6.33. The van der Waals surface area contributed by atoms with Gasteiger partial charge in [0.05, 0.1) is 6.61 Å². The van der Waals surface area contributed by atoms with Gasteiger partial charge in [-0.05, 0) is 37.1 Å². The molecule has 2 rings (SSSR count). The third-order valence-corrected chi connectivity index (χ3v) is 3.46. The largest absolute Gasteiger partial charge is 0.494 e. The molecule has 6 nitrogen and oxygen atoms in total. The highest BCUT2D eigenvalue weighted by atomic mass is 16.5. The van der Waals surface area contributed by atoms with E-state index in [1.165, 1.54) is 11.0 Å². The Morgan fingerprint density at radius 3 is 2.95 bits per heavy atom. The molecule has 21 heavy (non-hydrogen) atoms. The summed E-state index contributed by atoms with van der Waals surface area (Å²) in [6, 6.07) is 5.44. The van der Waals surface area contributed by atoms with Gasteiger partial charge >= 0.3 is 0 Å². The summed E-state index contributed by atoms with van der Waals surface area (Å²) in [5, 5.41) is 0. The highest BCUT2D eigenvalue weighted by molar-refractivity contribution is 6.11. The van der Waals surface area contributed by atoms with Gasteiger partial charge in [-0.25, -0.2) is 4.79 Å². The van der Waals surface area contributed by atoms with Crippen molar-refractivity contribution in [3.8, 4) is 5.75 Å². The molecule has 0 aliphatic carbocycles. The second-order valence-electron chi connectivity index (χ2n) is 4.75. The van der Waals surface area contributed by atoms with Crippen molar-refractivity contribution in [2.24, 2.45) is 10.9 Å². The molecule has 1 amide bonds. The Kier molecular flexibility index (Phi) is 4.50. The fraction of sp³-hybridized carbons (Fsp3) is 0.400. The number of hydrogen-bond acceptors (Lipinski definition) is 5. The van der Waals surface area contributed by atoms with Crippen LogP contribution in [0, 0.1) is 5.92 Å². The number of Topliss-reactive ketones (excluding diaryl/α,β-unsaturated/α-hetero) is 1. The van der Waals surface area contributed by atoms with E-state index in [1.807, 2.05) is 19.1 Å². The molecule has 110 valence electrons. The molecule has 0 saturated carbocycles. The van der Waals surface area contributed by atoms with Gasteiger partial charge in [-0.1, -0.05) is 0 Å². The summed E-state index contributed by atoms with van der Waals surface area (Å²) in [5.74, 6) is -0.756. The molecule has 6 heteroatoms. The summed E-state index contributed by atoms with van der Waals surface area (Å²) in [7, 11) is 1.63. The van der Waals surface area contributed by atoms with Crippen LogP contribution in [0.4, 0.5) is 5.69 Å². The lowest BCUT2D eigenvalue weighted by molar-refractivity contribution is -0.131. The number of hydrogen-bond donors (Lipinski definition) is 0. The van der Waals surface area contributed by atoms with E-state index in [0.29, 0.717) is 18.8 Å². The van der Waals surface area contributed by atoms with Crippen LogP contribution in [-0.4, -0.2) is 38.0 Å². The molecule has 0 saturated heterocycles. The number of isocyanates is 1. The summed E-state index contributed by atoms with van der Waals surface area (Å²) < 4.78 is 5.44. The Bertz CT molecular complexity index is 620. The molecule has 0 N–H and O–H groups in total. The Morgan fingerprint density at radius 2 is 2.29 bits per heavy atom. The smallest absolute Gasteiger partial charge is 0.237 e. The minimum absolute atomic E-state index is 0.280. The van der Waals surface area contributed by atoms with Crippen molar-refractivity contribution in [2.75, 3.05) is 25.1 Å². The summed E-state index contributed by atoms with van der Waals surface area (Å²) in [5.41, 5.74) is 1.64. The van der Waals surface area contributed by atoms with Crippen LogP contribution in [0.25, 0.3) is 0 Å². The molecule has 1 atom stereocenters. The summed E-state index contributed by atoms with van der Waals surface area (Å²) >= 11 is 0. The first-order valence-electron chi connectivity index (χ1n) is 6.68. The number of anilines is 1. The number of aliphatic imine (C=N–C) groups is 1. The lowest BCUT2D eigenvalue weighted by Crippen LogP contribution is -2.43. The van der Waals surface area contributed by atoms with Crippen molar-refractivity contribution in [3.05, 3.63) is 23.8 Å². The molecular formula is C15H16N2O4. The van der Waals surface area contributed by atoms with Gasteiger partial charge in [0.15, 0.2) is 5.78 Å². The first-order valence-corrected chi connectivity index (χ1v) is 6.68. The van der Waals surface area contributed by atoms with E-state index in [1.54, 1.807) is 13.1 Å². The SMILES string of the molecule is CCOc1ccc2c(c1)CC(C(=O)CN=C=O)C(=O)N2C. The number of carbonyl (C=O) groups excluding carboxylic acids is 3. The van der Waals surface area contributed by atoms with Crippen LogP contribution in [0.5, 0.6) is 5.75 Å². The van der Waals surface area contributed by atoms with E-state index >= 15 is 0 Å². The molecule has 0 aromatic heterocycles. The van der Waals surface area contributed by atoms with Crippen molar-refractivity contribution in [1.29, 1.82) is 0 Å². The van der Waals surface area contributed by atoms with Gasteiger partial charge in [0, 0.05) is 12.7 Å². The average molecular weight is 288 g/mol. The molecule has 0 radical (unpaired) electrons. The highest BCUT2D eigenvalue weighted by Gasteiger charge is 2.35. The van der Waals surface area contributed by atoms with E-state index in [0.717, 1.165) is 11.3 Å². The van der Waals surface area contributed by atoms with Crippen LogP contribution >= 0.6 is 0 Å². The molecular weight excluding hydrogens is 272 g/mol. The number of benzene rings is 1. The zero-order chi connectivity index (χ0) is 15.4. The lowest BCUT2D eigenvalue weighted by atomic mass is 9.88. The predicted molar refractivity (Wildman–Crippen MR) is 76.2 cm³/mol. The maximum Gasteiger partial charge on any atom is 0.237 e. The van der Waals surface area contributed by atoms with Crippen molar-refractivity contribution in [1.82, 2.24) is 0 Å². The first kappa shape index (κ1) is 14.9. The van der Waals surface area contributed by atoms with Crippen LogP contribution in [0.1, 0.15) is 12.5 Å². The zero-order valence-corrected chi connectivity index (χ0v) is 12.0. The number of carbonyl (C=O) groups is 2. The van der Waals surface area contributed by atoms with Crippen LogP contribution in [0.3, 0.4) is 0 Å². The topological polar surface area (TPSA) is 76.0 Å². The molecule has 0 fully saturated rings. The number of rotatable bonds is 5. The van der Waals surface area contributed by atoms with Crippen LogP contribution in [-0.2, 0) is 20.8 Å². The summed E-state index contributed by atoms with van der Waals surface area (Å²) in [4.78, 5) is 39.0. The number of nitrogens with zero attached hydrogens (tertiary/aromatic N) is 2. The van der Waals surface area contributed by atoms with Crippen molar-refractivity contribution < 1.29 is 19.1 Å². The maximum atomic E-state index is 12.2. The predicted octanol–water partition coefficient (Wildman–Crippen LogP) is 1.13. The quantitative estimate of drug-likeness (QED) is 0.462. The molecule has 0 spiro atoms. The maximum absolute atomic E-state index is 12.2. The van der Waals surface area contributed by atoms with Gasteiger partial charge < -0.3 is 9.64 Å². The Balaban J connectivity index is 2.31. The summed E-state index contributed by atoms with van der Waals surface area (Å²) in [6.07, 6.45) is 1.62. The van der Waals surface area contributed by atoms with E-state index in [-0.39, 0.29) is 18.2 Å². The molecule has 1 aromatic rings. The van der Waals surface area contributed by atoms with Gasteiger partial charge in [-0.3, -0.25) is 9.59 Å². The number of fused-ring (bicyclic) bond motifs is 1.